The molecule has 0 spiro atoms. The van der Waals surface area contributed by atoms with E-state index >= 15 is 0 Å². The van der Waals surface area contributed by atoms with Crippen molar-refractivity contribution in [1.82, 2.24) is 4.98 Å². The molecular formula is C16H15FN2OS. The summed E-state index contributed by atoms with van der Waals surface area (Å²) in [6.07, 6.45) is 1.86. The van der Waals surface area contributed by atoms with Gasteiger partial charge < -0.3 is 10.1 Å². The van der Waals surface area contributed by atoms with E-state index in [-0.39, 0.29) is 11.9 Å². The zero-order chi connectivity index (χ0) is 14.8. The zero-order valence-electron chi connectivity index (χ0n) is 11.8. The molecule has 21 heavy (non-hydrogen) atoms. The number of fused-ring (bicyclic) bond motifs is 1. The van der Waals surface area contributed by atoms with Crippen molar-refractivity contribution < 1.29 is 9.13 Å². The zero-order valence-corrected chi connectivity index (χ0v) is 12.6. The van der Waals surface area contributed by atoms with Crippen LogP contribution in [0.1, 0.15) is 18.5 Å². The number of aromatic nitrogens is 1. The highest BCUT2D eigenvalue weighted by molar-refractivity contribution is 7.17. The first-order valence-electron chi connectivity index (χ1n) is 6.60. The summed E-state index contributed by atoms with van der Waals surface area (Å²) < 4.78 is 19.6. The van der Waals surface area contributed by atoms with Crippen LogP contribution in [0.25, 0.3) is 10.2 Å². The molecule has 2 heterocycles. The molecule has 0 fully saturated rings. The van der Waals surface area contributed by atoms with Crippen molar-refractivity contribution in [3.63, 3.8) is 0 Å². The molecule has 0 aliphatic heterocycles. The topological polar surface area (TPSA) is 34.1 Å². The summed E-state index contributed by atoms with van der Waals surface area (Å²) in [4.78, 5) is 4.44. The fourth-order valence-corrected chi connectivity index (χ4v) is 2.99. The molecule has 0 aliphatic carbocycles. The van der Waals surface area contributed by atoms with E-state index in [1.54, 1.807) is 17.4 Å². The second-order valence-corrected chi connectivity index (χ2v) is 5.73. The number of benzene rings is 1. The maximum Gasteiger partial charge on any atom is 0.144 e. The Hall–Kier alpha value is -2.14. The fraction of sp³-hybridized carbons (Fsp3) is 0.188. The van der Waals surface area contributed by atoms with Crippen LogP contribution in [0.4, 0.5) is 10.1 Å². The molecule has 0 saturated carbocycles. The van der Waals surface area contributed by atoms with E-state index in [9.17, 15) is 4.39 Å². The summed E-state index contributed by atoms with van der Waals surface area (Å²) in [5.74, 6) is 0.179. The van der Waals surface area contributed by atoms with Crippen molar-refractivity contribution >= 4 is 27.2 Å². The Morgan fingerprint density at radius 1 is 1.29 bits per heavy atom. The highest BCUT2D eigenvalue weighted by atomic mass is 32.1. The van der Waals surface area contributed by atoms with E-state index in [2.05, 4.69) is 16.4 Å². The summed E-state index contributed by atoms with van der Waals surface area (Å²) in [5, 5.41) is 5.37. The predicted octanol–water partition coefficient (Wildman–Crippen LogP) is 4.62. The Bertz CT molecular complexity index is 772. The molecule has 0 bridgehead atoms. The second-order valence-electron chi connectivity index (χ2n) is 4.78. The SMILES string of the molecule is COc1cc(F)ccc1NC(C)c1cnc2ccsc2c1. The highest BCUT2D eigenvalue weighted by Crippen LogP contribution is 2.30. The van der Waals surface area contributed by atoms with Crippen LogP contribution < -0.4 is 10.1 Å². The molecular weight excluding hydrogens is 287 g/mol. The third-order valence-electron chi connectivity index (χ3n) is 3.36. The van der Waals surface area contributed by atoms with Crippen LogP contribution >= 0.6 is 11.3 Å². The van der Waals surface area contributed by atoms with Gasteiger partial charge in [-0.1, -0.05) is 0 Å². The van der Waals surface area contributed by atoms with E-state index in [1.165, 1.54) is 19.2 Å². The second kappa shape index (κ2) is 5.69. The molecule has 0 saturated heterocycles. The van der Waals surface area contributed by atoms with Crippen LogP contribution in [0.2, 0.25) is 0 Å². The van der Waals surface area contributed by atoms with E-state index in [4.69, 9.17) is 4.74 Å². The van der Waals surface area contributed by atoms with Crippen LogP contribution in [0.3, 0.4) is 0 Å². The van der Waals surface area contributed by atoms with Crippen molar-refractivity contribution in [2.75, 3.05) is 12.4 Å². The largest absolute Gasteiger partial charge is 0.494 e. The van der Waals surface area contributed by atoms with Gasteiger partial charge in [-0.25, -0.2) is 4.39 Å². The van der Waals surface area contributed by atoms with Gasteiger partial charge in [-0.2, -0.15) is 0 Å². The molecule has 108 valence electrons. The molecule has 0 aliphatic rings. The van der Waals surface area contributed by atoms with E-state index < -0.39 is 0 Å². The average molecular weight is 302 g/mol. The van der Waals surface area contributed by atoms with Crippen LogP contribution in [0, 0.1) is 5.82 Å². The number of nitrogens with one attached hydrogen (secondary N) is 1. The van der Waals surface area contributed by atoms with E-state index in [0.29, 0.717) is 5.75 Å². The normalized spacial score (nSPS) is 12.3. The number of nitrogens with zero attached hydrogens (tertiary/aromatic N) is 1. The lowest BCUT2D eigenvalue weighted by Crippen LogP contribution is -2.08. The van der Waals surface area contributed by atoms with E-state index in [0.717, 1.165) is 21.5 Å². The van der Waals surface area contributed by atoms with Gasteiger partial charge in [-0.15, -0.1) is 11.3 Å². The standard InChI is InChI=1S/C16H15FN2OS/c1-10(11-7-16-14(18-9-11)5-6-21-16)19-13-4-3-12(17)8-15(13)20-2/h3-10,19H,1-2H3. The molecule has 3 rings (SSSR count). The van der Waals surface area contributed by atoms with Crippen LogP contribution in [0.5, 0.6) is 5.75 Å². The number of ether oxygens (including phenoxy) is 1. The molecule has 5 heteroatoms. The minimum Gasteiger partial charge on any atom is -0.494 e. The molecule has 2 aromatic heterocycles. The van der Waals surface area contributed by atoms with Gasteiger partial charge in [0.05, 0.1) is 29.1 Å². The number of methoxy groups -OCH3 is 1. The van der Waals surface area contributed by atoms with Crippen molar-refractivity contribution in [3.8, 4) is 5.75 Å². The van der Waals surface area contributed by atoms with E-state index in [1.807, 2.05) is 24.6 Å². The van der Waals surface area contributed by atoms with Gasteiger partial charge in [-0.3, -0.25) is 4.98 Å². The number of hydrogen-bond donors (Lipinski definition) is 1. The first-order valence-corrected chi connectivity index (χ1v) is 7.48. The third kappa shape index (κ3) is 2.83. The maximum absolute atomic E-state index is 13.2. The Labute approximate surface area is 126 Å². The fourth-order valence-electron chi connectivity index (χ4n) is 2.20. The summed E-state index contributed by atoms with van der Waals surface area (Å²) >= 11 is 1.67. The molecule has 0 radical (unpaired) electrons. The molecule has 1 aromatic carbocycles. The first kappa shape index (κ1) is 13.8. The Morgan fingerprint density at radius 3 is 2.95 bits per heavy atom. The highest BCUT2D eigenvalue weighted by Gasteiger charge is 2.11. The van der Waals surface area contributed by atoms with Gasteiger partial charge in [0.2, 0.25) is 0 Å². The molecule has 0 amide bonds. The average Bonchev–Trinajstić information content (AvgIpc) is 2.96. The lowest BCUT2D eigenvalue weighted by Gasteiger charge is -2.17. The van der Waals surface area contributed by atoms with Crippen molar-refractivity contribution in [2.45, 2.75) is 13.0 Å². The molecule has 1 atom stereocenters. The van der Waals surface area contributed by atoms with Gasteiger partial charge in [0.1, 0.15) is 11.6 Å². The Morgan fingerprint density at radius 2 is 2.14 bits per heavy atom. The van der Waals surface area contributed by atoms with Crippen LogP contribution in [0.15, 0.2) is 41.9 Å². The number of hydrogen-bond acceptors (Lipinski definition) is 4. The summed E-state index contributed by atoms with van der Waals surface area (Å²) in [7, 11) is 1.53. The molecule has 1 N–H and O–H groups in total. The van der Waals surface area contributed by atoms with Gasteiger partial charge in [-0.05, 0) is 42.1 Å². The van der Waals surface area contributed by atoms with Gasteiger partial charge in [0, 0.05) is 12.3 Å². The number of anilines is 1. The quantitative estimate of drug-likeness (QED) is 0.763. The minimum atomic E-state index is -0.313. The first-order chi connectivity index (χ1) is 10.2. The monoisotopic (exact) mass is 302 g/mol. The number of halogens is 1. The van der Waals surface area contributed by atoms with Crippen LogP contribution in [-0.4, -0.2) is 12.1 Å². The Balaban J connectivity index is 1.86. The molecule has 3 nitrogen and oxygen atoms in total. The molecule has 3 aromatic rings. The predicted molar refractivity (Wildman–Crippen MR) is 84.6 cm³/mol. The molecule has 1 unspecified atom stereocenters. The van der Waals surface area contributed by atoms with Crippen molar-refractivity contribution in [1.29, 1.82) is 0 Å². The van der Waals surface area contributed by atoms with Gasteiger partial charge in [0.25, 0.3) is 0 Å². The Kier molecular flexibility index (Phi) is 3.75. The maximum atomic E-state index is 13.2. The van der Waals surface area contributed by atoms with Crippen LogP contribution in [-0.2, 0) is 0 Å². The lowest BCUT2D eigenvalue weighted by atomic mass is 10.1. The summed E-state index contributed by atoms with van der Waals surface area (Å²) in [5.41, 5.74) is 2.85. The number of pyridine rings is 1. The minimum absolute atomic E-state index is 0.0448. The van der Waals surface area contributed by atoms with Gasteiger partial charge >= 0.3 is 0 Å². The van der Waals surface area contributed by atoms with Crippen molar-refractivity contribution in [3.05, 3.63) is 53.3 Å². The van der Waals surface area contributed by atoms with Gasteiger partial charge in [0.15, 0.2) is 0 Å². The summed E-state index contributed by atoms with van der Waals surface area (Å²) in [6, 6.07) is 8.64. The number of thiophene rings is 1. The number of rotatable bonds is 4. The third-order valence-corrected chi connectivity index (χ3v) is 4.21. The smallest absolute Gasteiger partial charge is 0.144 e. The van der Waals surface area contributed by atoms with Crippen molar-refractivity contribution in [2.24, 2.45) is 0 Å². The summed E-state index contributed by atoms with van der Waals surface area (Å²) in [6.45, 7) is 2.04. The lowest BCUT2D eigenvalue weighted by molar-refractivity contribution is 0.412.